The normalized spacial score (nSPS) is 17.9. The SMILES string of the molecule is CC1CSc2ccccc2N1C(=O)c1ccncc1. The molecule has 1 aromatic heterocycles. The maximum atomic E-state index is 12.7. The molecule has 0 bridgehead atoms. The van der Waals surface area contributed by atoms with Crippen LogP contribution in [0.25, 0.3) is 0 Å². The zero-order chi connectivity index (χ0) is 13.2. The first kappa shape index (κ1) is 12.2. The minimum atomic E-state index is 0.0441. The summed E-state index contributed by atoms with van der Waals surface area (Å²) in [6, 6.07) is 11.8. The molecule has 1 aliphatic rings. The molecule has 4 heteroatoms. The van der Waals surface area contributed by atoms with Gasteiger partial charge in [0.1, 0.15) is 0 Å². The predicted molar refractivity (Wildman–Crippen MR) is 77.7 cm³/mol. The second kappa shape index (κ2) is 5.05. The fourth-order valence-electron chi connectivity index (χ4n) is 2.24. The quantitative estimate of drug-likeness (QED) is 0.797. The van der Waals surface area contributed by atoms with Gasteiger partial charge in [0, 0.05) is 34.6 Å². The molecule has 1 aromatic carbocycles. The zero-order valence-electron chi connectivity index (χ0n) is 10.6. The van der Waals surface area contributed by atoms with Gasteiger partial charge in [-0.25, -0.2) is 0 Å². The van der Waals surface area contributed by atoms with Crippen molar-refractivity contribution in [3.05, 3.63) is 54.4 Å². The van der Waals surface area contributed by atoms with Crippen LogP contribution in [0.5, 0.6) is 0 Å². The lowest BCUT2D eigenvalue weighted by Crippen LogP contribution is -2.42. The average Bonchev–Trinajstić information content (AvgIpc) is 2.47. The third kappa shape index (κ3) is 2.24. The first-order chi connectivity index (χ1) is 9.27. The Labute approximate surface area is 116 Å². The molecule has 1 amide bonds. The minimum absolute atomic E-state index is 0.0441. The number of rotatable bonds is 1. The Bertz CT molecular complexity index is 600. The summed E-state index contributed by atoms with van der Waals surface area (Å²) < 4.78 is 0. The Morgan fingerprint density at radius 1 is 1.26 bits per heavy atom. The predicted octanol–water partition coefficient (Wildman–Crippen LogP) is 3.22. The molecule has 0 saturated heterocycles. The van der Waals surface area contributed by atoms with Gasteiger partial charge in [-0.15, -0.1) is 11.8 Å². The first-order valence-electron chi connectivity index (χ1n) is 6.23. The van der Waals surface area contributed by atoms with Crippen LogP contribution >= 0.6 is 11.8 Å². The summed E-state index contributed by atoms with van der Waals surface area (Å²) in [5.74, 6) is 0.969. The van der Waals surface area contributed by atoms with E-state index in [4.69, 9.17) is 0 Å². The molecule has 0 N–H and O–H groups in total. The van der Waals surface area contributed by atoms with E-state index in [9.17, 15) is 4.79 Å². The maximum Gasteiger partial charge on any atom is 0.258 e. The number of pyridine rings is 1. The average molecular weight is 270 g/mol. The second-order valence-electron chi connectivity index (χ2n) is 4.54. The molecule has 0 spiro atoms. The lowest BCUT2D eigenvalue weighted by atomic mass is 10.1. The van der Waals surface area contributed by atoms with Crippen LogP contribution < -0.4 is 4.90 Å². The fourth-order valence-corrected chi connectivity index (χ4v) is 3.30. The number of para-hydroxylation sites is 1. The van der Waals surface area contributed by atoms with Crippen molar-refractivity contribution in [3.8, 4) is 0 Å². The van der Waals surface area contributed by atoms with E-state index in [0.717, 1.165) is 11.4 Å². The summed E-state index contributed by atoms with van der Waals surface area (Å²) in [4.78, 5) is 19.7. The van der Waals surface area contributed by atoms with E-state index in [1.807, 2.05) is 23.1 Å². The van der Waals surface area contributed by atoms with E-state index in [-0.39, 0.29) is 11.9 Å². The molecule has 3 nitrogen and oxygen atoms in total. The topological polar surface area (TPSA) is 33.2 Å². The van der Waals surface area contributed by atoms with Crippen molar-refractivity contribution in [2.75, 3.05) is 10.7 Å². The molecule has 0 saturated carbocycles. The van der Waals surface area contributed by atoms with E-state index in [0.29, 0.717) is 5.56 Å². The van der Waals surface area contributed by atoms with Gasteiger partial charge in [0.25, 0.3) is 5.91 Å². The number of anilines is 1. The maximum absolute atomic E-state index is 12.7. The molecular weight excluding hydrogens is 256 g/mol. The second-order valence-corrected chi connectivity index (χ2v) is 5.60. The summed E-state index contributed by atoms with van der Waals surface area (Å²) >= 11 is 1.81. The van der Waals surface area contributed by atoms with Gasteiger partial charge in [0.15, 0.2) is 0 Å². The summed E-state index contributed by atoms with van der Waals surface area (Å²) in [6.45, 7) is 2.09. The molecular formula is C15H14N2OS. The molecule has 1 aliphatic heterocycles. The van der Waals surface area contributed by atoms with Crippen molar-refractivity contribution in [1.82, 2.24) is 4.98 Å². The standard InChI is InChI=1S/C15H14N2OS/c1-11-10-19-14-5-3-2-4-13(14)17(11)15(18)12-6-8-16-9-7-12/h2-9,11H,10H2,1H3. The number of carbonyl (C=O) groups is 1. The fraction of sp³-hybridized carbons (Fsp3) is 0.200. The van der Waals surface area contributed by atoms with Crippen molar-refractivity contribution < 1.29 is 4.79 Å². The van der Waals surface area contributed by atoms with Gasteiger partial charge in [-0.3, -0.25) is 9.78 Å². The van der Waals surface area contributed by atoms with Crippen molar-refractivity contribution in [3.63, 3.8) is 0 Å². The third-order valence-electron chi connectivity index (χ3n) is 3.19. The van der Waals surface area contributed by atoms with E-state index in [1.54, 1.807) is 36.3 Å². The van der Waals surface area contributed by atoms with Gasteiger partial charge < -0.3 is 4.90 Å². The summed E-state index contributed by atoms with van der Waals surface area (Å²) in [5.41, 5.74) is 1.69. The van der Waals surface area contributed by atoms with Gasteiger partial charge in [0.05, 0.1) is 5.69 Å². The Hall–Kier alpha value is -1.81. The first-order valence-corrected chi connectivity index (χ1v) is 7.21. The van der Waals surface area contributed by atoms with Gasteiger partial charge in [-0.2, -0.15) is 0 Å². The molecule has 2 aromatic rings. The minimum Gasteiger partial charge on any atom is -0.304 e. The van der Waals surface area contributed by atoms with Gasteiger partial charge in [-0.05, 0) is 31.2 Å². The highest BCUT2D eigenvalue weighted by Gasteiger charge is 2.29. The summed E-state index contributed by atoms with van der Waals surface area (Å²) in [6.07, 6.45) is 3.31. The zero-order valence-corrected chi connectivity index (χ0v) is 11.4. The Morgan fingerprint density at radius 3 is 2.79 bits per heavy atom. The highest BCUT2D eigenvalue weighted by atomic mass is 32.2. The van der Waals surface area contributed by atoms with Crippen molar-refractivity contribution >= 4 is 23.4 Å². The van der Waals surface area contributed by atoms with E-state index >= 15 is 0 Å². The Morgan fingerprint density at radius 2 is 2.00 bits per heavy atom. The number of amides is 1. The van der Waals surface area contributed by atoms with Crippen molar-refractivity contribution in [2.24, 2.45) is 0 Å². The third-order valence-corrected chi connectivity index (χ3v) is 4.50. The van der Waals surface area contributed by atoms with Crippen LogP contribution in [0.4, 0.5) is 5.69 Å². The Kier molecular flexibility index (Phi) is 3.25. The number of hydrogen-bond acceptors (Lipinski definition) is 3. The number of thioether (sulfide) groups is 1. The van der Waals surface area contributed by atoms with Crippen LogP contribution in [0, 0.1) is 0 Å². The molecule has 3 rings (SSSR count). The summed E-state index contributed by atoms with van der Waals surface area (Å²) in [5, 5.41) is 0. The molecule has 1 atom stereocenters. The van der Waals surface area contributed by atoms with Crippen LogP contribution in [0.15, 0.2) is 53.7 Å². The van der Waals surface area contributed by atoms with Crippen molar-refractivity contribution in [1.29, 1.82) is 0 Å². The molecule has 0 aliphatic carbocycles. The van der Waals surface area contributed by atoms with Crippen LogP contribution in [0.1, 0.15) is 17.3 Å². The number of nitrogens with zero attached hydrogens (tertiary/aromatic N) is 2. The van der Waals surface area contributed by atoms with Crippen LogP contribution in [-0.2, 0) is 0 Å². The van der Waals surface area contributed by atoms with Gasteiger partial charge in [-0.1, -0.05) is 12.1 Å². The van der Waals surface area contributed by atoms with Crippen LogP contribution in [0.3, 0.4) is 0 Å². The molecule has 0 fully saturated rings. The lowest BCUT2D eigenvalue weighted by Gasteiger charge is -2.34. The van der Waals surface area contributed by atoms with E-state index in [1.165, 1.54) is 4.90 Å². The number of carbonyl (C=O) groups excluding carboxylic acids is 1. The number of fused-ring (bicyclic) bond motifs is 1. The largest absolute Gasteiger partial charge is 0.304 e. The van der Waals surface area contributed by atoms with E-state index < -0.39 is 0 Å². The van der Waals surface area contributed by atoms with Crippen molar-refractivity contribution in [2.45, 2.75) is 17.9 Å². The number of aromatic nitrogens is 1. The molecule has 96 valence electrons. The van der Waals surface area contributed by atoms with E-state index in [2.05, 4.69) is 18.0 Å². The number of hydrogen-bond donors (Lipinski definition) is 0. The lowest BCUT2D eigenvalue weighted by molar-refractivity contribution is 0.0979. The number of benzene rings is 1. The summed E-state index contributed by atoms with van der Waals surface area (Å²) in [7, 11) is 0. The molecule has 2 heterocycles. The monoisotopic (exact) mass is 270 g/mol. The highest BCUT2D eigenvalue weighted by molar-refractivity contribution is 7.99. The van der Waals surface area contributed by atoms with Gasteiger partial charge in [0.2, 0.25) is 0 Å². The molecule has 1 unspecified atom stereocenters. The molecule has 19 heavy (non-hydrogen) atoms. The van der Waals surface area contributed by atoms with Crippen LogP contribution in [-0.4, -0.2) is 22.7 Å². The molecule has 0 radical (unpaired) electrons. The Balaban J connectivity index is 2.02. The van der Waals surface area contributed by atoms with Crippen LogP contribution in [0.2, 0.25) is 0 Å². The smallest absolute Gasteiger partial charge is 0.258 e. The highest BCUT2D eigenvalue weighted by Crippen LogP contribution is 2.37. The van der Waals surface area contributed by atoms with Gasteiger partial charge >= 0.3 is 0 Å².